The minimum absolute atomic E-state index is 0.105. The van der Waals surface area contributed by atoms with E-state index >= 15 is 0 Å². The highest BCUT2D eigenvalue weighted by Crippen LogP contribution is 2.51. The number of hydrogen-bond donors (Lipinski definition) is 0. The number of fused-ring (bicyclic) bond motifs is 1. The Morgan fingerprint density at radius 1 is 1.29 bits per heavy atom. The summed E-state index contributed by atoms with van der Waals surface area (Å²) < 4.78 is 6.65. The van der Waals surface area contributed by atoms with E-state index in [0.29, 0.717) is 6.04 Å². The second-order valence-corrected chi connectivity index (χ2v) is 7.16. The summed E-state index contributed by atoms with van der Waals surface area (Å²) in [7, 11) is 0. The summed E-state index contributed by atoms with van der Waals surface area (Å²) in [5, 5.41) is 1.41. The van der Waals surface area contributed by atoms with E-state index in [0.717, 1.165) is 25.0 Å². The summed E-state index contributed by atoms with van der Waals surface area (Å²) in [6.45, 7) is 6.79. The summed E-state index contributed by atoms with van der Waals surface area (Å²) in [5.41, 5.74) is 1.19. The van der Waals surface area contributed by atoms with Crippen molar-refractivity contribution in [3.05, 3.63) is 47.0 Å². The molecule has 0 spiro atoms. The van der Waals surface area contributed by atoms with Crippen LogP contribution in [-0.4, -0.2) is 22.4 Å². The molecule has 1 aromatic carbocycles. The van der Waals surface area contributed by atoms with E-state index in [9.17, 15) is 0 Å². The summed E-state index contributed by atoms with van der Waals surface area (Å²) in [4.78, 5) is 2.56. The first kappa shape index (κ1) is 15.0. The number of allylic oxidation sites excluding steroid dienone is 1. The van der Waals surface area contributed by atoms with E-state index in [-0.39, 0.29) is 11.8 Å². The van der Waals surface area contributed by atoms with Gasteiger partial charge in [-0.3, -0.25) is 0 Å². The van der Waals surface area contributed by atoms with Crippen LogP contribution in [0.3, 0.4) is 0 Å². The molecule has 0 unspecified atom stereocenters. The lowest BCUT2D eigenvalue weighted by molar-refractivity contribution is -0.104. The molecule has 0 amide bonds. The lowest BCUT2D eigenvalue weighted by Gasteiger charge is -2.43. The van der Waals surface area contributed by atoms with Gasteiger partial charge in [0.05, 0.1) is 11.1 Å². The molecule has 0 bridgehead atoms. The van der Waals surface area contributed by atoms with Gasteiger partial charge in [-0.15, -0.1) is 11.8 Å². The van der Waals surface area contributed by atoms with Crippen molar-refractivity contribution >= 4 is 11.8 Å². The Hall–Kier alpha value is -0.930. The SMILES string of the molecule is CCSC1=CCC[C@@]2(CC)O[C@H](c3ccccc3)[C@H](C)N12. The third-order valence-electron chi connectivity index (χ3n) is 4.69. The Bertz CT molecular complexity index is 515. The molecule has 1 saturated heterocycles. The van der Waals surface area contributed by atoms with Crippen LogP contribution in [0.4, 0.5) is 0 Å². The predicted molar refractivity (Wildman–Crippen MR) is 90.0 cm³/mol. The molecule has 0 aliphatic carbocycles. The van der Waals surface area contributed by atoms with E-state index < -0.39 is 0 Å². The van der Waals surface area contributed by atoms with Gasteiger partial charge in [0.15, 0.2) is 0 Å². The summed E-state index contributed by atoms with van der Waals surface area (Å²) >= 11 is 1.95. The minimum Gasteiger partial charge on any atom is -0.346 e. The summed E-state index contributed by atoms with van der Waals surface area (Å²) in [6.07, 6.45) is 5.84. The highest BCUT2D eigenvalue weighted by atomic mass is 32.2. The van der Waals surface area contributed by atoms with Gasteiger partial charge in [-0.25, -0.2) is 0 Å². The van der Waals surface area contributed by atoms with Crippen molar-refractivity contribution in [1.82, 2.24) is 4.90 Å². The first-order valence-corrected chi connectivity index (χ1v) is 9.05. The van der Waals surface area contributed by atoms with Gasteiger partial charge < -0.3 is 9.64 Å². The molecule has 21 heavy (non-hydrogen) atoms. The Balaban J connectivity index is 1.95. The Labute approximate surface area is 132 Å². The Kier molecular flexibility index (Phi) is 4.32. The molecular formula is C18H25NOS. The molecular weight excluding hydrogens is 278 g/mol. The molecule has 1 aromatic rings. The van der Waals surface area contributed by atoms with Gasteiger partial charge in [0.2, 0.25) is 0 Å². The average Bonchev–Trinajstić information content (AvgIpc) is 2.83. The van der Waals surface area contributed by atoms with Gasteiger partial charge in [0.25, 0.3) is 0 Å². The molecule has 2 aliphatic rings. The van der Waals surface area contributed by atoms with Gasteiger partial charge in [0.1, 0.15) is 11.8 Å². The van der Waals surface area contributed by atoms with Crippen molar-refractivity contribution in [2.45, 2.75) is 57.9 Å². The van der Waals surface area contributed by atoms with Crippen molar-refractivity contribution in [2.75, 3.05) is 5.75 Å². The smallest absolute Gasteiger partial charge is 0.142 e. The van der Waals surface area contributed by atoms with Gasteiger partial charge in [-0.1, -0.05) is 50.3 Å². The monoisotopic (exact) mass is 303 g/mol. The number of ether oxygens (including phenoxy) is 1. The van der Waals surface area contributed by atoms with E-state index in [4.69, 9.17) is 4.74 Å². The predicted octanol–water partition coefficient (Wildman–Crippen LogP) is 4.94. The largest absolute Gasteiger partial charge is 0.346 e. The third kappa shape index (κ3) is 2.51. The van der Waals surface area contributed by atoms with Gasteiger partial charge >= 0.3 is 0 Å². The first-order chi connectivity index (χ1) is 10.2. The molecule has 3 rings (SSSR count). The maximum absolute atomic E-state index is 6.65. The average molecular weight is 303 g/mol. The zero-order valence-electron chi connectivity index (χ0n) is 13.2. The van der Waals surface area contributed by atoms with Crippen LogP contribution in [-0.2, 0) is 4.74 Å². The lowest BCUT2D eigenvalue weighted by Crippen LogP contribution is -2.47. The van der Waals surface area contributed by atoms with Crippen LogP contribution in [0.1, 0.15) is 51.7 Å². The van der Waals surface area contributed by atoms with Crippen LogP contribution in [0.5, 0.6) is 0 Å². The van der Waals surface area contributed by atoms with E-state index in [2.05, 4.69) is 62.1 Å². The molecule has 1 fully saturated rings. The van der Waals surface area contributed by atoms with E-state index in [1.165, 1.54) is 10.6 Å². The van der Waals surface area contributed by atoms with Crippen LogP contribution in [0.15, 0.2) is 41.4 Å². The zero-order chi connectivity index (χ0) is 14.9. The Morgan fingerprint density at radius 3 is 2.71 bits per heavy atom. The van der Waals surface area contributed by atoms with Crippen molar-refractivity contribution in [3.8, 4) is 0 Å². The highest BCUT2D eigenvalue weighted by molar-refractivity contribution is 8.02. The number of benzene rings is 1. The zero-order valence-corrected chi connectivity index (χ0v) is 14.0. The normalized spacial score (nSPS) is 32.0. The number of nitrogens with zero attached hydrogens (tertiary/aromatic N) is 1. The van der Waals surface area contributed by atoms with E-state index in [1.54, 1.807) is 0 Å². The van der Waals surface area contributed by atoms with E-state index in [1.807, 2.05) is 11.8 Å². The number of thioether (sulfide) groups is 1. The molecule has 2 heterocycles. The second-order valence-electron chi connectivity index (χ2n) is 5.87. The standard InChI is InChI=1S/C18H25NOS/c1-4-18-13-9-12-16(21-5-2)19(18)14(3)17(20-18)15-10-7-6-8-11-15/h6-8,10-12,14,17H,4-5,9,13H2,1-3H3/t14-,17-,18+/m0/s1. The first-order valence-electron chi connectivity index (χ1n) is 8.07. The van der Waals surface area contributed by atoms with Crippen LogP contribution < -0.4 is 0 Å². The molecule has 0 saturated carbocycles. The molecule has 114 valence electrons. The lowest BCUT2D eigenvalue weighted by atomic mass is 9.98. The molecule has 0 radical (unpaired) electrons. The van der Waals surface area contributed by atoms with Crippen LogP contribution in [0.2, 0.25) is 0 Å². The van der Waals surface area contributed by atoms with Crippen molar-refractivity contribution in [1.29, 1.82) is 0 Å². The fourth-order valence-electron chi connectivity index (χ4n) is 3.69. The number of hydrogen-bond acceptors (Lipinski definition) is 3. The minimum atomic E-state index is -0.105. The number of rotatable bonds is 4. The quantitative estimate of drug-likeness (QED) is 0.781. The van der Waals surface area contributed by atoms with Crippen LogP contribution >= 0.6 is 11.8 Å². The molecule has 0 N–H and O–H groups in total. The highest BCUT2D eigenvalue weighted by Gasteiger charge is 2.52. The van der Waals surface area contributed by atoms with Crippen molar-refractivity contribution in [2.24, 2.45) is 0 Å². The summed E-state index contributed by atoms with van der Waals surface area (Å²) in [6, 6.07) is 11.1. The second kappa shape index (κ2) is 6.05. The van der Waals surface area contributed by atoms with Gasteiger partial charge in [-0.2, -0.15) is 0 Å². The molecule has 2 nitrogen and oxygen atoms in total. The molecule has 2 aliphatic heterocycles. The maximum Gasteiger partial charge on any atom is 0.142 e. The van der Waals surface area contributed by atoms with Crippen LogP contribution in [0, 0.1) is 0 Å². The third-order valence-corrected chi connectivity index (χ3v) is 5.64. The van der Waals surface area contributed by atoms with Crippen LogP contribution in [0.25, 0.3) is 0 Å². The fraction of sp³-hybridized carbons (Fsp3) is 0.556. The fourth-order valence-corrected chi connectivity index (χ4v) is 4.70. The van der Waals surface area contributed by atoms with Gasteiger partial charge in [0, 0.05) is 0 Å². The molecule has 0 aromatic heterocycles. The molecule has 3 heteroatoms. The molecule has 3 atom stereocenters. The van der Waals surface area contributed by atoms with Crippen molar-refractivity contribution < 1.29 is 4.74 Å². The maximum atomic E-state index is 6.65. The van der Waals surface area contributed by atoms with Crippen molar-refractivity contribution in [3.63, 3.8) is 0 Å². The Morgan fingerprint density at radius 2 is 2.05 bits per heavy atom. The summed E-state index contributed by atoms with van der Waals surface area (Å²) in [5.74, 6) is 1.12. The topological polar surface area (TPSA) is 12.5 Å². The van der Waals surface area contributed by atoms with Gasteiger partial charge in [-0.05, 0) is 37.5 Å².